The lowest BCUT2D eigenvalue weighted by molar-refractivity contribution is -0.00620. The lowest BCUT2D eigenvalue weighted by Crippen LogP contribution is -2.39. The Morgan fingerprint density at radius 1 is 1.61 bits per heavy atom. The van der Waals surface area contributed by atoms with E-state index in [0.29, 0.717) is 30.3 Å². The highest BCUT2D eigenvalue weighted by Gasteiger charge is 2.34. The van der Waals surface area contributed by atoms with Crippen molar-refractivity contribution >= 4 is 17.3 Å². The molecule has 0 radical (unpaired) electrons. The van der Waals surface area contributed by atoms with E-state index < -0.39 is 0 Å². The van der Waals surface area contributed by atoms with Gasteiger partial charge in [0.1, 0.15) is 11.7 Å². The number of methoxy groups -OCH3 is 1. The number of halogens is 1. The van der Waals surface area contributed by atoms with Crippen LogP contribution in [0.4, 0.5) is 5.69 Å². The fraction of sp³-hybridized carbons (Fsp3) is 0.462. The van der Waals surface area contributed by atoms with Crippen molar-refractivity contribution in [1.82, 2.24) is 0 Å². The second-order valence-corrected chi connectivity index (χ2v) is 4.78. The van der Waals surface area contributed by atoms with E-state index in [0.717, 1.165) is 12.1 Å². The Hall–Kier alpha value is -1.28. The molecule has 18 heavy (non-hydrogen) atoms. The highest BCUT2D eigenvalue weighted by molar-refractivity contribution is 6.30. The quantitative estimate of drug-likeness (QED) is 0.909. The Morgan fingerprint density at radius 2 is 2.44 bits per heavy atom. The number of rotatable bonds is 4. The molecule has 1 saturated heterocycles. The zero-order valence-corrected chi connectivity index (χ0v) is 11.0. The Balaban J connectivity index is 2.08. The average molecular weight is 267 g/mol. The van der Waals surface area contributed by atoms with E-state index in [9.17, 15) is 0 Å². The number of hydrogen-bond donors (Lipinski definition) is 1. The van der Waals surface area contributed by atoms with E-state index in [4.69, 9.17) is 26.3 Å². The molecular weight excluding hydrogens is 252 g/mol. The van der Waals surface area contributed by atoms with Crippen LogP contribution in [0.5, 0.6) is 0 Å². The van der Waals surface area contributed by atoms with Crippen LogP contribution in [-0.2, 0) is 9.47 Å². The SMILES string of the molecule is COC1(CNc2ccc(Cl)cc2C#N)CCOC1. The third kappa shape index (κ3) is 2.75. The molecule has 1 aliphatic rings. The molecule has 1 N–H and O–H groups in total. The number of ether oxygens (including phenoxy) is 2. The standard InChI is InChI=1S/C13H15ClN2O2/c1-17-13(4-5-18-9-13)8-16-12-3-2-11(14)6-10(12)7-15/h2-3,6,16H,4-5,8-9H2,1H3. The Morgan fingerprint density at radius 3 is 3.06 bits per heavy atom. The number of nitrogens with one attached hydrogen (secondary N) is 1. The van der Waals surface area contributed by atoms with Gasteiger partial charge < -0.3 is 14.8 Å². The number of nitrogens with zero attached hydrogens (tertiary/aromatic N) is 1. The summed E-state index contributed by atoms with van der Waals surface area (Å²) in [4.78, 5) is 0. The van der Waals surface area contributed by atoms with Gasteiger partial charge in [-0.25, -0.2) is 0 Å². The highest BCUT2D eigenvalue weighted by Crippen LogP contribution is 2.25. The maximum absolute atomic E-state index is 9.05. The van der Waals surface area contributed by atoms with Gasteiger partial charge in [-0.05, 0) is 18.2 Å². The van der Waals surface area contributed by atoms with Crippen LogP contribution in [0.15, 0.2) is 18.2 Å². The van der Waals surface area contributed by atoms with E-state index in [1.807, 2.05) is 0 Å². The first-order valence-electron chi connectivity index (χ1n) is 5.75. The number of anilines is 1. The fourth-order valence-electron chi connectivity index (χ4n) is 1.98. The molecule has 4 nitrogen and oxygen atoms in total. The predicted octanol–water partition coefficient (Wildman–Crippen LogP) is 2.43. The van der Waals surface area contributed by atoms with Crippen molar-refractivity contribution in [2.45, 2.75) is 12.0 Å². The van der Waals surface area contributed by atoms with Crippen LogP contribution in [0.1, 0.15) is 12.0 Å². The summed E-state index contributed by atoms with van der Waals surface area (Å²) in [5, 5.41) is 12.8. The van der Waals surface area contributed by atoms with Gasteiger partial charge in [0.25, 0.3) is 0 Å². The minimum absolute atomic E-state index is 0.299. The summed E-state index contributed by atoms with van der Waals surface area (Å²) in [5.74, 6) is 0. The lowest BCUT2D eigenvalue weighted by atomic mass is 10.0. The van der Waals surface area contributed by atoms with E-state index in [1.165, 1.54) is 0 Å². The molecule has 1 unspecified atom stereocenters. The Labute approximate surface area is 111 Å². The summed E-state index contributed by atoms with van der Waals surface area (Å²) in [7, 11) is 1.68. The second-order valence-electron chi connectivity index (χ2n) is 4.34. The summed E-state index contributed by atoms with van der Waals surface area (Å²) in [6.07, 6.45) is 0.853. The van der Waals surface area contributed by atoms with Gasteiger partial charge in [0.05, 0.1) is 17.9 Å². The minimum Gasteiger partial charge on any atom is -0.381 e. The third-order valence-electron chi connectivity index (χ3n) is 3.20. The molecule has 1 aromatic rings. The van der Waals surface area contributed by atoms with Crippen molar-refractivity contribution in [3.63, 3.8) is 0 Å². The van der Waals surface area contributed by atoms with Crippen molar-refractivity contribution in [2.75, 3.05) is 32.2 Å². The van der Waals surface area contributed by atoms with Crippen LogP contribution in [0.2, 0.25) is 5.02 Å². The molecule has 0 amide bonds. The molecule has 5 heteroatoms. The zero-order chi connectivity index (χ0) is 13.0. The zero-order valence-electron chi connectivity index (χ0n) is 10.2. The topological polar surface area (TPSA) is 54.3 Å². The van der Waals surface area contributed by atoms with Crippen LogP contribution in [-0.4, -0.2) is 32.5 Å². The van der Waals surface area contributed by atoms with Gasteiger partial charge in [-0.1, -0.05) is 11.6 Å². The first kappa shape index (κ1) is 13.2. The van der Waals surface area contributed by atoms with E-state index in [1.54, 1.807) is 25.3 Å². The molecule has 1 fully saturated rings. The normalized spacial score (nSPS) is 22.7. The molecule has 1 heterocycles. The summed E-state index contributed by atoms with van der Waals surface area (Å²) < 4.78 is 10.9. The number of nitriles is 1. The van der Waals surface area contributed by atoms with Crippen LogP contribution < -0.4 is 5.32 Å². The van der Waals surface area contributed by atoms with Gasteiger partial charge in [-0.2, -0.15) is 5.26 Å². The largest absolute Gasteiger partial charge is 0.381 e. The first-order chi connectivity index (χ1) is 8.69. The predicted molar refractivity (Wildman–Crippen MR) is 69.8 cm³/mol. The summed E-state index contributed by atoms with van der Waals surface area (Å²) in [6.45, 7) is 1.90. The Kier molecular flexibility index (Phi) is 4.07. The van der Waals surface area contributed by atoms with Crippen molar-refractivity contribution in [1.29, 1.82) is 5.26 Å². The van der Waals surface area contributed by atoms with Gasteiger partial charge in [-0.3, -0.25) is 0 Å². The molecule has 0 saturated carbocycles. The summed E-state index contributed by atoms with van der Waals surface area (Å²) in [6, 6.07) is 7.34. The van der Waals surface area contributed by atoms with Crippen LogP contribution in [0, 0.1) is 11.3 Å². The van der Waals surface area contributed by atoms with Crippen LogP contribution in [0.25, 0.3) is 0 Å². The molecule has 0 aliphatic carbocycles. The van der Waals surface area contributed by atoms with Gasteiger partial charge in [0, 0.05) is 31.7 Å². The summed E-state index contributed by atoms with van der Waals surface area (Å²) in [5.41, 5.74) is 1.00. The fourth-order valence-corrected chi connectivity index (χ4v) is 2.15. The van der Waals surface area contributed by atoms with Crippen molar-refractivity contribution in [3.05, 3.63) is 28.8 Å². The van der Waals surface area contributed by atoms with E-state index in [2.05, 4.69) is 11.4 Å². The number of hydrogen-bond acceptors (Lipinski definition) is 4. The van der Waals surface area contributed by atoms with E-state index >= 15 is 0 Å². The molecule has 96 valence electrons. The monoisotopic (exact) mass is 266 g/mol. The maximum Gasteiger partial charge on any atom is 0.110 e. The smallest absolute Gasteiger partial charge is 0.110 e. The molecule has 0 bridgehead atoms. The molecule has 1 aliphatic heterocycles. The molecule has 0 spiro atoms. The van der Waals surface area contributed by atoms with Crippen molar-refractivity contribution in [3.8, 4) is 6.07 Å². The number of benzene rings is 1. The molecule has 0 aromatic heterocycles. The van der Waals surface area contributed by atoms with Crippen LogP contribution in [0.3, 0.4) is 0 Å². The first-order valence-corrected chi connectivity index (χ1v) is 6.13. The van der Waals surface area contributed by atoms with Gasteiger partial charge in [0.15, 0.2) is 0 Å². The second kappa shape index (κ2) is 5.57. The van der Waals surface area contributed by atoms with Gasteiger partial charge in [0.2, 0.25) is 0 Å². The van der Waals surface area contributed by atoms with Crippen molar-refractivity contribution in [2.24, 2.45) is 0 Å². The van der Waals surface area contributed by atoms with E-state index in [-0.39, 0.29) is 5.60 Å². The molecule has 2 rings (SSSR count). The van der Waals surface area contributed by atoms with Gasteiger partial charge >= 0.3 is 0 Å². The third-order valence-corrected chi connectivity index (χ3v) is 3.44. The molecular formula is C13H15ClN2O2. The van der Waals surface area contributed by atoms with Crippen LogP contribution >= 0.6 is 11.6 Å². The average Bonchev–Trinajstić information content (AvgIpc) is 2.86. The summed E-state index contributed by atoms with van der Waals surface area (Å²) >= 11 is 5.85. The van der Waals surface area contributed by atoms with Gasteiger partial charge in [-0.15, -0.1) is 0 Å². The highest BCUT2D eigenvalue weighted by atomic mass is 35.5. The molecule has 1 aromatic carbocycles. The molecule has 1 atom stereocenters. The maximum atomic E-state index is 9.05. The van der Waals surface area contributed by atoms with Crippen molar-refractivity contribution < 1.29 is 9.47 Å². The lowest BCUT2D eigenvalue weighted by Gasteiger charge is -2.26. The Bertz CT molecular complexity index is 465. The minimum atomic E-state index is -0.299.